The molecule has 5 rings (SSSR count). The standard InChI is InChI=1S/C26H26BrF3N4O3S/c1-3-37-25(36)22-16-9-4-13(2)10-19(16)38-24(22)32-23(35)18-12-21-31-17(14-5-7-15(27)8-6-14)11-20(26(28,29)30)34(21)33-18/h5-8,12-13,17,20,31H,3-4,9-11H2,1-2H3,(H,32,35)/t13-,17-,20-/m1/s1. The Morgan fingerprint density at radius 2 is 2.03 bits per heavy atom. The third-order valence-electron chi connectivity index (χ3n) is 6.91. The highest BCUT2D eigenvalue weighted by Gasteiger charge is 2.47. The zero-order valence-corrected chi connectivity index (χ0v) is 23.1. The quantitative estimate of drug-likeness (QED) is 0.306. The monoisotopic (exact) mass is 610 g/mol. The van der Waals surface area contributed by atoms with Gasteiger partial charge in [0.1, 0.15) is 10.8 Å². The van der Waals surface area contributed by atoms with E-state index < -0.39 is 30.1 Å². The van der Waals surface area contributed by atoms with Crippen LogP contribution in [0.15, 0.2) is 34.8 Å². The van der Waals surface area contributed by atoms with Gasteiger partial charge in [-0.1, -0.05) is 35.0 Å². The van der Waals surface area contributed by atoms with Crippen molar-refractivity contribution in [2.45, 2.75) is 57.8 Å². The average Bonchev–Trinajstić information content (AvgIpc) is 3.44. The summed E-state index contributed by atoms with van der Waals surface area (Å²) < 4.78 is 49.1. The van der Waals surface area contributed by atoms with Crippen molar-refractivity contribution in [2.75, 3.05) is 17.2 Å². The van der Waals surface area contributed by atoms with E-state index in [0.717, 1.165) is 32.4 Å². The fourth-order valence-corrected chi connectivity index (χ4v) is 6.68. The number of alkyl halides is 3. The third kappa shape index (κ3) is 5.20. The molecule has 1 aliphatic carbocycles. The first-order valence-corrected chi connectivity index (χ1v) is 14.0. The van der Waals surface area contributed by atoms with Gasteiger partial charge < -0.3 is 15.4 Å². The largest absolute Gasteiger partial charge is 0.462 e. The summed E-state index contributed by atoms with van der Waals surface area (Å²) in [5.41, 5.74) is 1.73. The van der Waals surface area contributed by atoms with E-state index in [4.69, 9.17) is 4.74 Å². The van der Waals surface area contributed by atoms with Crippen LogP contribution in [0.1, 0.15) is 75.6 Å². The van der Waals surface area contributed by atoms with Gasteiger partial charge in [-0.15, -0.1) is 11.3 Å². The van der Waals surface area contributed by atoms with Crippen molar-refractivity contribution in [2.24, 2.45) is 5.92 Å². The first-order chi connectivity index (χ1) is 18.0. The number of hydrogen-bond donors (Lipinski definition) is 2. The number of thiophene rings is 1. The van der Waals surface area contributed by atoms with Crippen LogP contribution in [-0.2, 0) is 17.6 Å². The molecular formula is C26H26BrF3N4O3S. The lowest BCUT2D eigenvalue weighted by Gasteiger charge is -2.33. The summed E-state index contributed by atoms with van der Waals surface area (Å²) in [5, 5.41) is 10.2. The van der Waals surface area contributed by atoms with Gasteiger partial charge in [-0.3, -0.25) is 4.79 Å². The molecule has 0 spiro atoms. The van der Waals surface area contributed by atoms with Crippen LogP contribution in [0, 0.1) is 5.92 Å². The van der Waals surface area contributed by atoms with Crippen LogP contribution in [0.4, 0.5) is 24.0 Å². The zero-order valence-electron chi connectivity index (χ0n) is 20.7. The topological polar surface area (TPSA) is 85.2 Å². The molecule has 0 radical (unpaired) electrons. The minimum atomic E-state index is -4.56. The number of benzene rings is 1. The molecule has 1 amide bonds. The SMILES string of the molecule is CCOC(=O)c1c(NC(=O)c2cc3n(n2)[C@@H](C(F)(F)F)C[C@H](c2ccc(Br)cc2)N3)sc2c1CC[C@@H](C)C2. The third-order valence-corrected chi connectivity index (χ3v) is 8.61. The van der Waals surface area contributed by atoms with Gasteiger partial charge >= 0.3 is 12.1 Å². The van der Waals surface area contributed by atoms with Crippen LogP contribution in [0.25, 0.3) is 0 Å². The van der Waals surface area contributed by atoms with Gasteiger partial charge in [-0.2, -0.15) is 18.3 Å². The van der Waals surface area contributed by atoms with Crippen LogP contribution in [0.3, 0.4) is 0 Å². The minimum Gasteiger partial charge on any atom is -0.462 e. The molecule has 1 aliphatic heterocycles. The van der Waals surface area contributed by atoms with E-state index in [-0.39, 0.29) is 24.5 Å². The Labute approximate surface area is 229 Å². The Morgan fingerprint density at radius 1 is 1.29 bits per heavy atom. The summed E-state index contributed by atoms with van der Waals surface area (Å²) in [6, 6.07) is 5.85. The molecule has 3 atom stereocenters. The molecule has 0 saturated heterocycles. The predicted molar refractivity (Wildman–Crippen MR) is 142 cm³/mol. The van der Waals surface area contributed by atoms with E-state index in [0.29, 0.717) is 28.5 Å². The predicted octanol–water partition coefficient (Wildman–Crippen LogP) is 6.92. The first kappa shape index (κ1) is 26.7. The number of aromatic nitrogens is 2. The summed E-state index contributed by atoms with van der Waals surface area (Å²) in [6.45, 7) is 4.02. The highest BCUT2D eigenvalue weighted by atomic mass is 79.9. The number of rotatable bonds is 5. The molecule has 7 nitrogen and oxygen atoms in total. The number of ether oxygens (including phenoxy) is 1. The van der Waals surface area contributed by atoms with Crippen molar-refractivity contribution >= 4 is 50.0 Å². The number of nitrogens with one attached hydrogen (secondary N) is 2. The molecule has 38 heavy (non-hydrogen) atoms. The first-order valence-electron chi connectivity index (χ1n) is 12.4. The van der Waals surface area contributed by atoms with E-state index >= 15 is 0 Å². The van der Waals surface area contributed by atoms with Crippen molar-refractivity contribution < 1.29 is 27.5 Å². The van der Waals surface area contributed by atoms with Gasteiger partial charge in [0.15, 0.2) is 11.7 Å². The van der Waals surface area contributed by atoms with Crippen LogP contribution in [0.5, 0.6) is 0 Å². The Kier molecular flexibility index (Phi) is 7.29. The molecule has 0 fully saturated rings. The van der Waals surface area contributed by atoms with E-state index in [1.807, 2.05) is 0 Å². The number of halogens is 4. The van der Waals surface area contributed by atoms with E-state index in [9.17, 15) is 22.8 Å². The fraction of sp³-hybridized carbons (Fsp3) is 0.423. The summed E-state index contributed by atoms with van der Waals surface area (Å²) >= 11 is 4.66. The van der Waals surface area contributed by atoms with Crippen molar-refractivity contribution in [3.05, 3.63) is 62.1 Å². The van der Waals surface area contributed by atoms with E-state index in [1.165, 1.54) is 17.4 Å². The summed E-state index contributed by atoms with van der Waals surface area (Å²) in [5.74, 6) is -0.660. The van der Waals surface area contributed by atoms with Crippen LogP contribution < -0.4 is 10.6 Å². The lowest BCUT2D eigenvalue weighted by Crippen LogP contribution is -2.35. The molecule has 3 aromatic rings. The molecule has 3 heterocycles. The molecule has 2 aliphatic rings. The lowest BCUT2D eigenvalue weighted by molar-refractivity contribution is -0.173. The van der Waals surface area contributed by atoms with Gasteiger partial charge in [0, 0.05) is 21.8 Å². The van der Waals surface area contributed by atoms with Crippen LogP contribution in [-0.4, -0.2) is 34.4 Å². The maximum Gasteiger partial charge on any atom is 0.410 e. The number of fused-ring (bicyclic) bond motifs is 2. The highest BCUT2D eigenvalue weighted by molar-refractivity contribution is 9.10. The van der Waals surface area contributed by atoms with Gasteiger partial charge in [-0.25, -0.2) is 9.48 Å². The number of esters is 1. The molecule has 0 bridgehead atoms. The van der Waals surface area contributed by atoms with E-state index in [1.54, 1.807) is 31.2 Å². The second-order valence-corrected chi connectivity index (χ2v) is 11.7. The molecule has 1 aromatic carbocycles. The summed E-state index contributed by atoms with van der Waals surface area (Å²) in [6.07, 6.45) is -2.43. The van der Waals surface area contributed by atoms with Crippen molar-refractivity contribution in [1.82, 2.24) is 9.78 Å². The van der Waals surface area contributed by atoms with E-state index in [2.05, 4.69) is 38.6 Å². The van der Waals surface area contributed by atoms with Crippen molar-refractivity contribution in [1.29, 1.82) is 0 Å². The minimum absolute atomic E-state index is 0.0987. The number of carbonyl (C=O) groups is 2. The Morgan fingerprint density at radius 3 is 2.71 bits per heavy atom. The van der Waals surface area contributed by atoms with Gasteiger partial charge in [0.25, 0.3) is 5.91 Å². The normalized spacial score (nSPS) is 20.7. The average molecular weight is 611 g/mol. The molecule has 202 valence electrons. The number of amides is 1. The van der Waals surface area contributed by atoms with Crippen molar-refractivity contribution in [3.8, 4) is 0 Å². The van der Waals surface area contributed by atoms with Gasteiger partial charge in [0.05, 0.1) is 18.2 Å². The summed E-state index contributed by atoms with van der Waals surface area (Å²) in [4.78, 5) is 27.0. The second-order valence-electron chi connectivity index (χ2n) is 9.63. The number of hydrogen-bond acceptors (Lipinski definition) is 6. The van der Waals surface area contributed by atoms with Crippen LogP contribution in [0.2, 0.25) is 0 Å². The Balaban J connectivity index is 1.45. The molecule has 12 heteroatoms. The molecule has 0 saturated carbocycles. The number of nitrogens with zero attached hydrogens (tertiary/aromatic N) is 2. The van der Waals surface area contributed by atoms with Crippen molar-refractivity contribution in [3.63, 3.8) is 0 Å². The number of carbonyl (C=O) groups excluding carboxylic acids is 2. The zero-order chi connectivity index (χ0) is 27.2. The maximum atomic E-state index is 14.1. The lowest BCUT2D eigenvalue weighted by atomic mass is 9.88. The summed E-state index contributed by atoms with van der Waals surface area (Å²) in [7, 11) is 0. The highest BCUT2D eigenvalue weighted by Crippen LogP contribution is 2.44. The number of anilines is 2. The molecule has 2 aromatic heterocycles. The van der Waals surface area contributed by atoms with Gasteiger partial charge in [-0.05, 0) is 55.4 Å². The second kappa shape index (κ2) is 10.4. The molecular weight excluding hydrogens is 585 g/mol. The Hall–Kier alpha value is -2.86. The maximum absolute atomic E-state index is 14.1. The molecule has 0 unspecified atom stereocenters. The van der Waals surface area contributed by atoms with Crippen LogP contribution >= 0.6 is 27.3 Å². The smallest absolute Gasteiger partial charge is 0.410 e. The van der Waals surface area contributed by atoms with Gasteiger partial charge in [0.2, 0.25) is 0 Å². The Bertz CT molecular complexity index is 1370. The fourth-order valence-electron chi connectivity index (χ4n) is 5.02. The molecule has 2 N–H and O–H groups in total.